The highest BCUT2D eigenvalue weighted by atomic mass is 79.9. The van der Waals surface area contributed by atoms with Gasteiger partial charge in [0.15, 0.2) is 0 Å². The third-order valence-corrected chi connectivity index (χ3v) is 2.03. The van der Waals surface area contributed by atoms with Gasteiger partial charge < -0.3 is 0 Å². The monoisotopic (exact) mass is 233 g/mol. The maximum atomic E-state index is 12.1. The molecule has 0 radical (unpaired) electrons. The average Bonchev–Trinajstić information content (AvgIpc) is 2.05. The molecular weight excluding hydrogens is 229 g/mol. The van der Waals surface area contributed by atoms with Crippen LogP contribution in [0.2, 0.25) is 0 Å². The molecule has 0 aliphatic heterocycles. The number of alkyl halides is 1. The van der Waals surface area contributed by atoms with Crippen LogP contribution in [0.4, 0.5) is 10.1 Å². The van der Waals surface area contributed by atoms with Crippen molar-refractivity contribution < 1.29 is 9.31 Å². The molecule has 0 saturated carbocycles. The fourth-order valence-corrected chi connectivity index (χ4v) is 1.17. The first kappa shape index (κ1) is 9.12. The van der Waals surface area contributed by atoms with Gasteiger partial charge in [0, 0.05) is 6.07 Å². The zero-order valence-corrected chi connectivity index (χ0v) is 7.54. The van der Waals surface area contributed by atoms with E-state index in [2.05, 4.69) is 15.9 Å². The number of benzene rings is 1. The molecular formula is C7H5BrFNO2. The van der Waals surface area contributed by atoms with Crippen molar-refractivity contribution >= 4 is 21.6 Å². The van der Waals surface area contributed by atoms with Crippen molar-refractivity contribution in [3.8, 4) is 0 Å². The van der Waals surface area contributed by atoms with Gasteiger partial charge >= 0.3 is 0 Å². The lowest BCUT2D eigenvalue weighted by molar-refractivity contribution is -0.385. The van der Waals surface area contributed by atoms with Gasteiger partial charge in [-0.2, -0.15) is 0 Å². The van der Waals surface area contributed by atoms with Gasteiger partial charge in [0.1, 0.15) is 6.67 Å². The van der Waals surface area contributed by atoms with Gasteiger partial charge in [0.25, 0.3) is 5.69 Å². The lowest BCUT2D eigenvalue weighted by Crippen LogP contribution is -1.90. The normalized spacial score (nSPS) is 9.83. The molecule has 0 aliphatic rings. The van der Waals surface area contributed by atoms with Crippen molar-refractivity contribution in [1.29, 1.82) is 0 Å². The van der Waals surface area contributed by atoms with Crippen LogP contribution >= 0.6 is 15.9 Å². The summed E-state index contributed by atoms with van der Waals surface area (Å²) in [6, 6.07) is 4.17. The first-order valence-corrected chi connectivity index (χ1v) is 3.93. The topological polar surface area (TPSA) is 43.1 Å². The molecule has 12 heavy (non-hydrogen) atoms. The van der Waals surface area contributed by atoms with Crippen LogP contribution in [0.15, 0.2) is 22.7 Å². The second kappa shape index (κ2) is 3.62. The Morgan fingerprint density at radius 2 is 2.25 bits per heavy atom. The van der Waals surface area contributed by atoms with E-state index in [1.165, 1.54) is 18.2 Å². The SMILES string of the molecule is O=[N+]([O-])c1cc(CF)ccc1Br. The van der Waals surface area contributed by atoms with Crippen LogP contribution in [0.1, 0.15) is 5.56 Å². The van der Waals surface area contributed by atoms with Crippen molar-refractivity contribution in [2.24, 2.45) is 0 Å². The van der Waals surface area contributed by atoms with E-state index >= 15 is 0 Å². The van der Waals surface area contributed by atoms with Crippen molar-refractivity contribution in [2.45, 2.75) is 6.67 Å². The average molecular weight is 234 g/mol. The van der Waals surface area contributed by atoms with Gasteiger partial charge in [-0.05, 0) is 27.6 Å². The predicted molar refractivity (Wildman–Crippen MR) is 45.6 cm³/mol. The maximum Gasteiger partial charge on any atom is 0.283 e. The summed E-state index contributed by atoms with van der Waals surface area (Å²) in [5.74, 6) is 0. The van der Waals surface area contributed by atoms with Crippen LogP contribution in [0.3, 0.4) is 0 Å². The van der Waals surface area contributed by atoms with Gasteiger partial charge in [-0.25, -0.2) is 4.39 Å². The number of nitrogens with zero attached hydrogens (tertiary/aromatic N) is 1. The standard InChI is InChI=1S/C7H5BrFNO2/c8-6-2-1-5(4-9)3-7(6)10(11)12/h1-3H,4H2. The summed E-state index contributed by atoms with van der Waals surface area (Å²) in [7, 11) is 0. The summed E-state index contributed by atoms with van der Waals surface area (Å²) in [6.45, 7) is -0.686. The predicted octanol–water partition coefficient (Wildman–Crippen LogP) is 2.83. The fraction of sp³-hybridized carbons (Fsp3) is 0.143. The van der Waals surface area contributed by atoms with E-state index in [9.17, 15) is 14.5 Å². The van der Waals surface area contributed by atoms with Crippen LogP contribution in [0, 0.1) is 10.1 Å². The molecule has 0 saturated heterocycles. The Bertz CT molecular complexity index is 316. The van der Waals surface area contributed by atoms with Crippen LogP contribution < -0.4 is 0 Å². The second-order valence-corrected chi connectivity index (χ2v) is 3.03. The molecule has 0 bridgehead atoms. The molecule has 3 nitrogen and oxygen atoms in total. The zero-order valence-electron chi connectivity index (χ0n) is 5.96. The number of rotatable bonds is 2. The minimum Gasteiger partial charge on any atom is -0.258 e. The molecule has 0 N–H and O–H groups in total. The van der Waals surface area contributed by atoms with Crippen molar-refractivity contribution in [1.82, 2.24) is 0 Å². The van der Waals surface area contributed by atoms with E-state index in [1.807, 2.05) is 0 Å². The van der Waals surface area contributed by atoms with E-state index in [1.54, 1.807) is 0 Å². The fourth-order valence-electron chi connectivity index (χ4n) is 0.781. The molecule has 0 atom stereocenters. The third-order valence-electron chi connectivity index (χ3n) is 1.36. The van der Waals surface area contributed by atoms with Crippen molar-refractivity contribution in [2.75, 3.05) is 0 Å². The van der Waals surface area contributed by atoms with Gasteiger partial charge in [-0.15, -0.1) is 0 Å². The summed E-state index contributed by atoms with van der Waals surface area (Å²) in [6.07, 6.45) is 0. The molecule has 1 rings (SSSR count). The lowest BCUT2D eigenvalue weighted by atomic mass is 10.2. The lowest BCUT2D eigenvalue weighted by Gasteiger charge is -1.96. The summed E-state index contributed by atoms with van der Waals surface area (Å²) >= 11 is 3.00. The Morgan fingerprint density at radius 3 is 2.75 bits per heavy atom. The molecule has 0 aliphatic carbocycles. The molecule has 5 heteroatoms. The number of hydrogen-bond donors (Lipinski definition) is 0. The highest BCUT2D eigenvalue weighted by Crippen LogP contribution is 2.25. The molecule has 0 aromatic heterocycles. The number of halogens is 2. The van der Waals surface area contributed by atoms with Gasteiger partial charge in [-0.3, -0.25) is 10.1 Å². The largest absolute Gasteiger partial charge is 0.283 e. The zero-order chi connectivity index (χ0) is 9.14. The quantitative estimate of drug-likeness (QED) is 0.583. The number of nitro groups is 1. The Hall–Kier alpha value is -0.970. The minimum atomic E-state index is -0.686. The number of nitro benzene ring substituents is 1. The molecule has 0 heterocycles. The van der Waals surface area contributed by atoms with Crippen LogP contribution in [-0.2, 0) is 6.67 Å². The van der Waals surface area contributed by atoms with Crippen LogP contribution in [0.5, 0.6) is 0 Å². The number of hydrogen-bond acceptors (Lipinski definition) is 2. The maximum absolute atomic E-state index is 12.1. The Labute approximate surface area is 76.5 Å². The second-order valence-electron chi connectivity index (χ2n) is 2.18. The molecule has 0 unspecified atom stereocenters. The Kier molecular flexibility index (Phi) is 2.75. The van der Waals surface area contributed by atoms with E-state index < -0.39 is 11.6 Å². The van der Waals surface area contributed by atoms with Gasteiger partial charge in [0.05, 0.1) is 9.40 Å². The van der Waals surface area contributed by atoms with E-state index in [0.717, 1.165) is 0 Å². The molecule has 1 aromatic rings. The third kappa shape index (κ3) is 1.79. The minimum absolute atomic E-state index is 0.106. The Balaban J connectivity index is 3.17. The van der Waals surface area contributed by atoms with E-state index in [0.29, 0.717) is 10.0 Å². The van der Waals surface area contributed by atoms with Crippen LogP contribution in [0.25, 0.3) is 0 Å². The van der Waals surface area contributed by atoms with Crippen molar-refractivity contribution in [3.05, 3.63) is 38.3 Å². The Morgan fingerprint density at radius 1 is 1.58 bits per heavy atom. The summed E-state index contributed by atoms with van der Waals surface area (Å²) in [4.78, 5) is 9.79. The molecule has 1 aromatic carbocycles. The van der Waals surface area contributed by atoms with Crippen molar-refractivity contribution in [3.63, 3.8) is 0 Å². The van der Waals surface area contributed by atoms with E-state index in [4.69, 9.17) is 0 Å². The molecule has 0 amide bonds. The highest BCUT2D eigenvalue weighted by molar-refractivity contribution is 9.10. The smallest absolute Gasteiger partial charge is 0.258 e. The molecule has 64 valence electrons. The first-order chi connectivity index (χ1) is 5.65. The van der Waals surface area contributed by atoms with Gasteiger partial charge in [0.2, 0.25) is 0 Å². The molecule has 0 fully saturated rings. The molecule has 0 spiro atoms. The summed E-state index contributed by atoms with van der Waals surface area (Å²) in [5.41, 5.74) is 0.204. The highest BCUT2D eigenvalue weighted by Gasteiger charge is 2.11. The first-order valence-electron chi connectivity index (χ1n) is 3.14. The van der Waals surface area contributed by atoms with E-state index in [-0.39, 0.29) is 5.69 Å². The van der Waals surface area contributed by atoms with Gasteiger partial charge in [-0.1, -0.05) is 6.07 Å². The summed E-state index contributed by atoms with van der Waals surface area (Å²) < 4.78 is 12.4. The summed E-state index contributed by atoms with van der Waals surface area (Å²) in [5, 5.41) is 10.3. The van der Waals surface area contributed by atoms with Crippen LogP contribution in [-0.4, -0.2) is 4.92 Å².